The van der Waals surface area contributed by atoms with E-state index in [1.807, 2.05) is 0 Å². The van der Waals surface area contributed by atoms with Crippen molar-refractivity contribution >= 4 is 0 Å². The van der Waals surface area contributed by atoms with Gasteiger partial charge in [0.05, 0.1) is 0 Å². The van der Waals surface area contributed by atoms with Gasteiger partial charge in [-0.3, -0.25) is 4.90 Å². The van der Waals surface area contributed by atoms with E-state index >= 15 is 0 Å². The molecule has 112 valence electrons. The average molecular weight is 268 g/mol. The molecule has 3 nitrogen and oxygen atoms in total. The molecule has 3 atom stereocenters. The number of rotatable bonds is 8. The first-order valence-electron chi connectivity index (χ1n) is 8.31. The van der Waals surface area contributed by atoms with Gasteiger partial charge in [-0.2, -0.15) is 0 Å². The average Bonchev–Trinajstić information content (AvgIpc) is 3.27. The highest BCUT2D eigenvalue weighted by molar-refractivity contribution is 4.95. The van der Waals surface area contributed by atoms with E-state index in [1.54, 1.807) is 0 Å². The molecule has 3 unspecified atom stereocenters. The fourth-order valence-corrected chi connectivity index (χ4v) is 3.24. The Kier molecular flexibility index (Phi) is 6.11. The predicted molar refractivity (Wildman–Crippen MR) is 80.4 cm³/mol. The Morgan fingerprint density at radius 1 is 1.32 bits per heavy atom. The largest absolute Gasteiger partial charge is 0.382 e. The predicted octanol–water partition coefficient (Wildman–Crippen LogP) is 2.51. The molecule has 1 aliphatic carbocycles. The van der Waals surface area contributed by atoms with Crippen molar-refractivity contribution in [3.8, 4) is 0 Å². The molecular formula is C16H32N2O. The van der Waals surface area contributed by atoms with E-state index in [-0.39, 0.29) is 0 Å². The summed E-state index contributed by atoms with van der Waals surface area (Å²) in [5, 5.41) is 3.80. The Hall–Kier alpha value is -0.120. The van der Waals surface area contributed by atoms with Crippen LogP contribution < -0.4 is 5.32 Å². The number of piperazine rings is 1. The third-order valence-electron chi connectivity index (χ3n) is 4.92. The van der Waals surface area contributed by atoms with E-state index in [0.717, 1.165) is 31.1 Å². The Bertz CT molecular complexity index is 255. The number of nitrogens with zero attached hydrogens (tertiary/aromatic N) is 1. The van der Waals surface area contributed by atoms with Crippen LogP contribution in [0.2, 0.25) is 0 Å². The monoisotopic (exact) mass is 268 g/mol. The highest BCUT2D eigenvalue weighted by Gasteiger charge is 2.39. The molecule has 1 N–H and O–H groups in total. The lowest BCUT2D eigenvalue weighted by Gasteiger charge is -2.42. The molecule has 0 aromatic heterocycles. The molecule has 2 fully saturated rings. The molecule has 0 radical (unpaired) electrons. The molecule has 2 aliphatic rings. The van der Waals surface area contributed by atoms with Crippen LogP contribution in [0.5, 0.6) is 0 Å². The van der Waals surface area contributed by atoms with Crippen molar-refractivity contribution < 1.29 is 4.74 Å². The minimum atomic E-state index is 0.687. The summed E-state index contributed by atoms with van der Waals surface area (Å²) in [5.74, 6) is 1.76. The minimum absolute atomic E-state index is 0.687. The van der Waals surface area contributed by atoms with E-state index in [1.165, 1.54) is 45.3 Å². The lowest BCUT2D eigenvalue weighted by Crippen LogP contribution is -2.59. The van der Waals surface area contributed by atoms with Gasteiger partial charge in [-0.15, -0.1) is 0 Å². The fourth-order valence-electron chi connectivity index (χ4n) is 3.24. The van der Waals surface area contributed by atoms with Crippen LogP contribution in [-0.2, 0) is 4.74 Å². The molecule has 1 aliphatic heterocycles. The van der Waals surface area contributed by atoms with Crippen LogP contribution in [0, 0.1) is 11.8 Å². The molecule has 0 spiro atoms. The first-order valence-corrected chi connectivity index (χ1v) is 8.31. The lowest BCUT2D eigenvalue weighted by atomic mass is 9.94. The maximum atomic E-state index is 5.49. The highest BCUT2D eigenvalue weighted by Crippen LogP contribution is 2.36. The zero-order chi connectivity index (χ0) is 13.7. The minimum Gasteiger partial charge on any atom is -0.382 e. The van der Waals surface area contributed by atoms with E-state index in [0.29, 0.717) is 6.04 Å². The summed E-state index contributed by atoms with van der Waals surface area (Å²) < 4.78 is 5.49. The Balaban J connectivity index is 1.81. The molecule has 0 aromatic rings. The van der Waals surface area contributed by atoms with Gasteiger partial charge in [0.2, 0.25) is 0 Å². The van der Waals surface area contributed by atoms with Gasteiger partial charge in [-0.05, 0) is 38.0 Å². The van der Waals surface area contributed by atoms with Crippen LogP contribution in [0.3, 0.4) is 0 Å². The fraction of sp³-hybridized carbons (Fsp3) is 1.00. The van der Waals surface area contributed by atoms with Crippen molar-refractivity contribution in [2.45, 2.75) is 58.5 Å². The summed E-state index contributed by atoms with van der Waals surface area (Å²) >= 11 is 0. The van der Waals surface area contributed by atoms with Crippen molar-refractivity contribution in [1.82, 2.24) is 10.2 Å². The summed E-state index contributed by atoms with van der Waals surface area (Å²) in [6.45, 7) is 12.2. The van der Waals surface area contributed by atoms with Crippen molar-refractivity contribution in [3.05, 3.63) is 0 Å². The van der Waals surface area contributed by atoms with E-state index in [2.05, 4.69) is 31.0 Å². The molecule has 2 rings (SSSR count). The Labute approximate surface area is 119 Å². The third-order valence-corrected chi connectivity index (χ3v) is 4.92. The van der Waals surface area contributed by atoms with Gasteiger partial charge < -0.3 is 10.1 Å². The van der Waals surface area contributed by atoms with Gasteiger partial charge in [0.1, 0.15) is 0 Å². The molecule has 1 saturated heterocycles. The van der Waals surface area contributed by atoms with Crippen molar-refractivity contribution in [2.24, 2.45) is 11.8 Å². The van der Waals surface area contributed by atoms with Gasteiger partial charge >= 0.3 is 0 Å². The van der Waals surface area contributed by atoms with Crippen LogP contribution in [0.15, 0.2) is 0 Å². The van der Waals surface area contributed by atoms with Crippen molar-refractivity contribution in [2.75, 3.05) is 32.8 Å². The van der Waals surface area contributed by atoms with Crippen LogP contribution in [0.4, 0.5) is 0 Å². The van der Waals surface area contributed by atoms with E-state index < -0.39 is 0 Å². The van der Waals surface area contributed by atoms with Crippen LogP contribution >= 0.6 is 0 Å². The topological polar surface area (TPSA) is 24.5 Å². The van der Waals surface area contributed by atoms with Gasteiger partial charge in [0, 0.05) is 44.9 Å². The molecule has 3 heteroatoms. The summed E-state index contributed by atoms with van der Waals surface area (Å²) in [6.07, 6.45) is 5.35. The summed E-state index contributed by atoms with van der Waals surface area (Å²) in [5.41, 5.74) is 0. The van der Waals surface area contributed by atoms with Crippen LogP contribution in [0.25, 0.3) is 0 Å². The first-order chi connectivity index (χ1) is 9.26. The maximum absolute atomic E-state index is 5.49. The number of nitrogens with one attached hydrogen (secondary N) is 1. The van der Waals surface area contributed by atoms with Gasteiger partial charge in [0.25, 0.3) is 0 Å². The van der Waals surface area contributed by atoms with E-state index in [9.17, 15) is 0 Å². The summed E-state index contributed by atoms with van der Waals surface area (Å²) in [6, 6.07) is 1.48. The van der Waals surface area contributed by atoms with Gasteiger partial charge in [0.15, 0.2) is 0 Å². The van der Waals surface area contributed by atoms with Crippen LogP contribution in [0.1, 0.15) is 46.5 Å². The Morgan fingerprint density at radius 2 is 2.11 bits per heavy atom. The molecule has 1 saturated carbocycles. The summed E-state index contributed by atoms with van der Waals surface area (Å²) in [4.78, 5) is 2.75. The van der Waals surface area contributed by atoms with E-state index in [4.69, 9.17) is 4.74 Å². The highest BCUT2D eigenvalue weighted by atomic mass is 16.5. The Morgan fingerprint density at radius 3 is 2.74 bits per heavy atom. The molecule has 0 aromatic carbocycles. The van der Waals surface area contributed by atoms with Gasteiger partial charge in [-0.25, -0.2) is 0 Å². The number of hydrogen-bond acceptors (Lipinski definition) is 3. The second-order valence-corrected chi connectivity index (χ2v) is 6.35. The first kappa shape index (κ1) is 15.3. The molecule has 0 amide bonds. The second kappa shape index (κ2) is 7.61. The van der Waals surface area contributed by atoms with Gasteiger partial charge in [-0.1, -0.05) is 20.3 Å². The van der Waals surface area contributed by atoms with Crippen molar-refractivity contribution in [1.29, 1.82) is 0 Å². The molecule has 19 heavy (non-hydrogen) atoms. The molecule has 0 bridgehead atoms. The standard InChI is InChI=1S/C16H32N2O/c1-4-13(3)15-12-18(9-6-10-19-5-2)16(11-17-15)14-7-8-14/h13-17H,4-12H2,1-3H3. The van der Waals surface area contributed by atoms with Crippen molar-refractivity contribution in [3.63, 3.8) is 0 Å². The number of hydrogen-bond donors (Lipinski definition) is 1. The zero-order valence-electron chi connectivity index (χ0n) is 13.0. The second-order valence-electron chi connectivity index (χ2n) is 6.35. The third kappa shape index (κ3) is 4.44. The zero-order valence-corrected chi connectivity index (χ0v) is 13.0. The van der Waals surface area contributed by atoms with Crippen LogP contribution in [-0.4, -0.2) is 49.8 Å². The maximum Gasteiger partial charge on any atom is 0.0478 e. The molecule has 1 heterocycles. The summed E-state index contributed by atoms with van der Waals surface area (Å²) in [7, 11) is 0. The lowest BCUT2D eigenvalue weighted by molar-refractivity contribution is 0.0769. The normalized spacial score (nSPS) is 30.5. The number of ether oxygens (including phenoxy) is 1. The smallest absolute Gasteiger partial charge is 0.0478 e. The quantitative estimate of drug-likeness (QED) is 0.685. The SMILES string of the molecule is CCOCCCN1CC(C(C)CC)NCC1C1CC1. The molecular weight excluding hydrogens is 236 g/mol.